The number of nitriles is 3. The van der Waals surface area contributed by atoms with Crippen LogP contribution < -0.4 is 4.90 Å². The summed E-state index contributed by atoms with van der Waals surface area (Å²) in [5.41, 5.74) is 11.3. The van der Waals surface area contributed by atoms with Crippen molar-refractivity contribution >= 4 is 33.2 Å². The van der Waals surface area contributed by atoms with E-state index in [-0.39, 0.29) is 12.0 Å². The zero-order chi connectivity index (χ0) is 33.8. The second-order valence-electron chi connectivity index (χ2n) is 12.6. The lowest BCUT2D eigenvalue weighted by Crippen LogP contribution is -2.29. The van der Waals surface area contributed by atoms with Crippen molar-refractivity contribution in [1.29, 1.82) is 15.8 Å². The molecule has 5 heteroatoms. The van der Waals surface area contributed by atoms with Gasteiger partial charge in [-0.1, -0.05) is 103 Å². The number of benzene rings is 6. The van der Waals surface area contributed by atoms with Crippen molar-refractivity contribution in [2.75, 3.05) is 4.90 Å². The zero-order valence-corrected chi connectivity index (χ0v) is 26.8. The van der Waals surface area contributed by atoms with E-state index in [1.807, 2.05) is 66.7 Å². The van der Waals surface area contributed by atoms with Crippen molar-refractivity contribution in [1.82, 2.24) is 4.57 Å². The van der Waals surface area contributed by atoms with Crippen LogP contribution in [0, 0.1) is 34.0 Å². The van der Waals surface area contributed by atoms with Crippen LogP contribution in [0.1, 0.15) is 22.6 Å². The maximum absolute atomic E-state index is 10.6. The number of anilines is 2. The molecule has 6 aromatic carbocycles. The Morgan fingerprint density at radius 3 is 1.94 bits per heavy atom. The van der Waals surface area contributed by atoms with Crippen molar-refractivity contribution in [3.8, 4) is 46.1 Å². The first-order chi connectivity index (χ1) is 24.7. The molecule has 2 unspecified atom stereocenters. The zero-order valence-electron chi connectivity index (χ0n) is 26.8. The van der Waals surface area contributed by atoms with Crippen molar-refractivity contribution in [3.05, 3.63) is 174 Å². The van der Waals surface area contributed by atoms with E-state index in [4.69, 9.17) is 0 Å². The van der Waals surface area contributed by atoms with Crippen molar-refractivity contribution in [2.24, 2.45) is 0 Å². The van der Waals surface area contributed by atoms with Crippen LogP contribution in [0.25, 0.3) is 49.7 Å². The van der Waals surface area contributed by atoms with Gasteiger partial charge in [-0.2, -0.15) is 15.8 Å². The molecule has 5 nitrogen and oxygen atoms in total. The van der Waals surface area contributed by atoms with E-state index in [9.17, 15) is 15.8 Å². The Balaban J connectivity index is 1.23. The molecule has 0 saturated heterocycles. The minimum Gasteiger partial charge on any atom is -0.332 e. The summed E-state index contributed by atoms with van der Waals surface area (Å²) in [7, 11) is 0. The Hall–Kier alpha value is -7.13. The fraction of sp³-hybridized carbons (Fsp3) is 0.0444. The Bertz CT molecular complexity index is 2670. The van der Waals surface area contributed by atoms with Gasteiger partial charge in [-0.05, 0) is 65.2 Å². The lowest BCUT2D eigenvalue weighted by Gasteiger charge is -2.30. The van der Waals surface area contributed by atoms with Gasteiger partial charge in [0.2, 0.25) is 0 Å². The van der Waals surface area contributed by atoms with Crippen molar-refractivity contribution < 1.29 is 0 Å². The highest BCUT2D eigenvalue weighted by Gasteiger charge is 2.39. The topological polar surface area (TPSA) is 79.5 Å². The van der Waals surface area contributed by atoms with Crippen LogP contribution in [0.5, 0.6) is 0 Å². The molecule has 0 N–H and O–H groups in total. The molecule has 50 heavy (non-hydrogen) atoms. The molecule has 2 atom stereocenters. The van der Waals surface area contributed by atoms with E-state index in [1.54, 1.807) is 0 Å². The summed E-state index contributed by atoms with van der Waals surface area (Å²) in [5.74, 6) is 0.000312. The quantitative estimate of drug-likeness (QED) is 0.192. The number of fused-ring (bicyclic) bond motifs is 6. The van der Waals surface area contributed by atoms with Crippen LogP contribution in [-0.4, -0.2) is 10.6 Å². The molecule has 0 saturated carbocycles. The van der Waals surface area contributed by atoms with Gasteiger partial charge in [-0.25, -0.2) is 0 Å². The molecule has 0 fully saturated rings. The summed E-state index contributed by atoms with van der Waals surface area (Å²) < 4.78 is 2.30. The van der Waals surface area contributed by atoms with E-state index in [0.717, 1.165) is 55.9 Å². The lowest BCUT2D eigenvalue weighted by molar-refractivity contribution is 0.741. The summed E-state index contributed by atoms with van der Waals surface area (Å²) in [5, 5.41) is 33.1. The highest BCUT2D eigenvalue weighted by atomic mass is 15.2. The van der Waals surface area contributed by atoms with Crippen LogP contribution >= 0.6 is 0 Å². The van der Waals surface area contributed by atoms with Crippen LogP contribution in [0.4, 0.5) is 11.4 Å². The first-order valence-electron chi connectivity index (χ1n) is 16.5. The summed E-state index contributed by atoms with van der Waals surface area (Å²) in [6.07, 6.45) is 5.95. The number of hydrogen-bond acceptors (Lipinski definition) is 4. The molecule has 0 radical (unpaired) electrons. The van der Waals surface area contributed by atoms with Crippen LogP contribution in [-0.2, 0) is 0 Å². The maximum atomic E-state index is 10.6. The number of nitrogens with zero attached hydrogens (tertiary/aromatic N) is 5. The van der Waals surface area contributed by atoms with Gasteiger partial charge in [0.1, 0.15) is 6.07 Å². The number of para-hydroxylation sites is 4. The number of aromatic nitrogens is 1. The third-order valence-electron chi connectivity index (χ3n) is 10.0. The third-order valence-corrected chi connectivity index (χ3v) is 10.0. The highest BCUT2D eigenvalue weighted by molar-refractivity contribution is 6.10. The molecule has 0 bridgehead atoms. The molecule has 1 aromatic heterocycles. The predicted molar refractivity (Wildman–Crippen MR) is 199 cm³/mol. The molecule has 232 valence electrons. The summed E-state index contributed by atoms with van der Waals surface area (Å²) in [6, 6.07) is 52.3. The minimum atomic E-state index is -0.0671. The molecule has 2 aliphatic rings. The van der Waals surface area contributed by atoms with E-state index < -0.39 is 0 Å². The summed E-state index contributed by atoms with van der Waals surface area (Å²) in [6.45, 7) is 0. The number of allylic oxidation sites excluding steroid dienone is 2. The van der Waals surface area contributed by atoms with Gasteiger partial charge >= 0.3 is 0 Å². The number of rotatable bonds is 4. The fourth-order valence-corrected chi connectivity index (χ4v) is 7.95. The molecule has 0 amide bonds. The third kappa shape index (κ3) is 4.30. The predicted octanol–water partition coefficient (Wildman–Crippen LogP) is 10.5. The standard InChI is InChI=1S/C45H27N5/c46-26-29-20-22-44-38(24-29)36-14-4-8-19-43(36)49(44)39-23-21-30(25-32(39)28-48)45-31(27-47)10-9-15-37(45)35-13-3-7-18-42(35)50-40-16-5-1-11-33(40)34-12-2-6-17-41(34)50/h1-25,38,44H. The summed E-state index contributed by atoms with van der Waals surface area (Å²) >= 11 is 0. The lowest BCUT2D eigenvalue weighted by atomic mass is 9.88. The van der Waals surface area contributed by atoms with E-state index in [0.29, 0.717) is 16.7 Å². The fourth-order valence-electron chi connectivity index (χ4n) is 7.95. The van der Waals surface area contributed by atoms with E-state index in [2.05, 4.69) is 113 Å². The Labute approximate surface area is 289 Å². The highest BCUT2D eigenvalue weighted by Crippen LogP contribution is 2.50. The first-order valence-corrected chi connectivity index (χ1v) is 16.5. The maximum Gasteiger partial charge on any atom is 0.101 e. The Morgan fingerprint density at radius 1 is 0.540 bits per heavy atom. The smallest absolute Gasteiger partial charge is 0.101 e. The molecule has 1 aliphatic carbocycles. The normalized spacial score (nSPS) is 15.9. The molecule has 9 rings (SSSR count). The first kappa shape index (κ1) is 29.0. The second kappa shape index (κ2) is 11.5. The van der Waals surface area contributed by atoms with E-state index in [1.165, 1.54) is 10.8 Å². The van der Waals surface area contributed by atoms with Crippen LogP contribution in [0.15, 0.2) is 157 Å². The second-order valence-corrected chi connectivity index (χ2v) is 12.6. The SMILES string of the molecule is N#CC1=CC2c3ccccc3N(c3ccc(-c4c(C#N)cccc4-c4ccccc4-n4c5ccccc5c5ccccc54)cc3C#N)C2C=C1. The molecule has 2 heterocycles. The van der Waals surface area contributed by atoms with Gasteiger partial charge in [0.05, 0.1) is 51.7 Å². The largest absolute Gasteiger partial charge is 0.332 e. The Kier molecular flexibility index (Phi) is 6.70. The van der Waals surface area contributed by atoms with Gasteiger partial charge in [0.15, 0.2) is 0 Å². The average molecular weight is 638 g/mol. The monoisotopic (exact) mass is 637 g/mol. The molecule has 7 aromatic rings. The molecule has 1 aliphatic heterocycles. The van der Waals surface area contributed by atoms with Gasteiger partial charge in [-0.15, -0.1) is 0 Å². The van der Waals surface area contributed by atoms with Gasteiger partial charge in [0.25, 0.3) is 0 Å². The van der Waals surface area contributed by atoms with Gasteiger partial charge in [-0.3, -0.25) is 0 Å². The van der Waals surface area contributed by atoms with Crippen molar-refractivity contribution in [2.45, 2.75) is 12.0 Å². The van der Waals surface area contributed by atoms with Crippen molar-refractivity contribution in [3.63, 3.8) is 0 Å². The summed E-state index contributed by atoms with van der Waals surface area (Å²) in [4.78, 5) is 2.21. The van der Waals surface area contributed by atoms with Crippen LogP contribution in [0.3, 0.4) is 0 Å². The minimum absolute atomic E-state index is 0.000312. The van der Waals surface area contributed by atoms with Gasteiger partial charge in [0, 0.05) is 39.1 Å². The molecular weight excluding hydrogens is 611 g/mol. The molecule has 0 spiro atoms. The molecular formula is C45H27N5. The average Bonchev–Trinajstić information content (AvgIpc) is 3.69. The van der Waals surface area contributed by atoms with Gasteiger partial charge < -0.3 is 9.47 Å². The number of hydrogen-bond donors (Lipinski definition) is 0. The van der Waals surface area contributed by atoms with E-state index >= 15 is 0 Å². The Morgan fingerprint density at radius 2 is 1.20 bits per heavy atom. The van der Waals surface area contributed by atoms with Crippen LogP contribution in [0.2, 0.25) is 0 Å².